The van der Waals surface area contributed by atoms with Crippen molar-refractivity contribution in [1.82, 2.24) is 10.3 Å². The Morgan fingerprint density at radius 1 is 1.41 bits per heavy atom. The number of hydrogen-bond donors (Lipinski definition) is 2. The van der Waals surface area contributed by atoms with Crippen LogP contribution in [0.1, 0.15) is 0 Å². The van der Waals surface area contributed by atoms with E-state index in [0.29, 0.717) is 13.2 Å². The van der Waals surface area contributed by atoms with Crippen molar-refractivity contribution in [2.24, 2.45) is 0 Å². The fraction of sp³-hybridized carbons (Fsp3) is 0.188. The number of ether oxygens (including phenoxy) is 1. The number of para-hydroxylation sites is 1. The van der Waals surface area contributed by atoms with Crippen LogP contribution in [0.5, 0.6) is 0 Å². The Kier molecular flexibility index (Phi) is 5.46. The second kappa shape index (κ2) is 7.76. The van der Waals surface area contributed by atoms with Crippen LogP contribution >= 0.6 is 0 Å². The number of carbonyl (C=O) groups is 1. The number of fused-ring (bicyclic) bond motifs is 1. The van der Waals surface area contributed by atoms with Crippen LogP contribution in [-0.4, -0.2) is 31.2 Å². The lowest BCUT2D eigenvalue weighted by atomic mass is 10.2. The van der Waals surface area contributed by atoms with Crippen molar-refractivity contribution < 1.29 is 9.53 Å². The van der Waals surface area contributed by atoms with Crippen molar-refractivity contribution >= 4 is 22.5 Å². The zero-order valence-electron chi connectivity index (χ0n) is 12.2. The van der Waals surface area contributed by atoms with E-state index in [1.165, 1.54) is 6.20 Å². The zero-order valence-corrected chi connectivity index (χ0v) is 12.2. The molecule has 1 amide bonds. The predicted octanol–water partition coefficient (Wildman–Crippen LogP) is 1.82. The number of amides is 1. The first-order chi connectivity index (χ1) is 10.8. The average molecular weight is 296 g/mol. The molecular weight excluding hydrogens is 280 g/mol. The van der Waals surface area contributed by atoms with Gasteiger partial charge in [0.05, 0.1) is 17.8 Å². The highest BCUT2D eigenvalue weighted by atomic mass is 16.5. The number of pyridine rings is 1. The van der Waals surface area contributed by atoms with Gasteiger partial charge in [0, 0.05) is 31.4 Å². The molecule has 6 nitrogen and oxygen atoms in total. The van der Waals surface area contributed by atoms with Crippen LogP contribution in [0.2, 0.25) is 0 Å². The minimum atomic E-state index is -0.444. The van der Waals surface area contributed by atoms with Crippen LogP contribution in [0, 0.1) is 11.3 Å². The minimum absolute atomic E-state index is 0.0102. The number of nitrogens with zero attached hydrogens (tertiary/aromatic N) is 2. The summed E-state index contributed by atoms with van der Waals surface area (Å²) >= 11 is 0. The summed E-state index contributed by atoms with van der Waals surface area (Å²) in [6.45, 7) is 0.745. The molecule has 0 aliphatic carbocycles. The van der Waals surface area contributed by atoms with E-state index in [0.717, 1.165) is 16.6 Å². The quantitative estimate of drug-likeness (QED) is 0.482. The summed E-state index contributed by atoms with van der Waals surface area (Å²) in [4.78, 5) is 16.1. The van der Waals surface area contributed by atoms with Gasteiger partial charge in [-0.25, -0.2) is 0 Å². The molecule has 2 N–H and O–H groups in total. The van der Waals surface area contributed by atoms with E-state index in [9.17, 15) is 4.79 Å². The molecule has 2 aromatic rings. The van der Waals surface area contributed by atoms with E-state index in [1.54, 1.807) is 13.3 Å². The molecule has 22 heavy (non-hydrogen) atoms. The molecule has 0 radical (unpaired) electrons. The Labute approximate surface area is 128 Å². The lowest BCUT2D eigenvalue weighted by Gasteiger charge is -2.06. The summed E-state index contributed by atoms with van der Waals surface area (Å²) in [7, 11) is 1.54. The predicted molar refractivity (Wildman–Crippen MR) is 83.9 cm³/mol. The number of nitrogens with one attached hydrogen (secondary N) is 2. The van der Waals surface area contributed by atoms with Crippen molar-refractivity contribution in [3.05, 3.63) is 48.3 Å². The summed E-state index contributed by atoms with van der Waals surface area (Å²) in [5.74, 6) is -0.444. The zero-order chi connectivity index (χ0) is 15.8. The second-order valence-corrected chi connectivity index (χ2v) is 4.44. The Balaban J connectivity index is 2.14. The minimum Gasteiger partial charge on any atom is -0.383 e. The van der Waals surface area contributed by atoms with Gasteiger partial charge in [0.2, 0.25) is 0 Å². The molecule has 0 saturated carbocycles. The number of aromatic nitrogens is 1. The van der Waals surface area contributed by atoms with Crippen LogP contribution in [0.15, 0.2) is 48.3 Å². The molecule has 6 heteroatoms. The summed E-state index contributed by atoms with van der Waals surface area (Å²) in [6, 6.07) is 11.3. The molecule has 0 saturated heterocycles. The summed E-state index contributed by atoms with van der Waals surface area (Å²) < 4.78 is 4.84. The van der Waals surface area contributed by atoms with E-state index in [1.807, 2.05) is 36.4 Å². The van der Waals surface area contributed by atoms with Gasteiger partial charge in [0.25, 0.3) is 5.91 Å². The van der Waals surface area contributed by atoms with Gasteiger partial charge in [0.15, 0.2) is 0 Å². The van der Waals surface area contributed by atoms with Crippen molar-refractivity contribution in [3.63, 3.8) is 0 Å². The van der Waals surface area contributed by atoms with Crippen molar-refractivity contribution in [1.29, 1.82) is 5.26 Å². The number of carbonyl (C=O) groups excluding carboxylic acids is 1. The van der Waals surface area contributed by atoms with E-state index in [2.05, 4.69) is 15.6 Å². The maximum Gasteiger partial charge on any atom is 0.263 e. The first-order valence-corrected chi connectivity index (χ1v) is 6.74. The topological polar surface area (TPSA) is 87.0 Å². The molecule has 2 rings (SSSR count). The van der Waals surface area contributed by atoms with E-state index >= 15 is 0 Å². The number of anilines is 1. The van der Waals surface area contributed by atoms with Crippen LogP contribution in [-0.2, 0) is 9.53 Å². The lowest BCUT2D eigenvalue weighted by molar-refractivity contribution is -0.117. The largest absolute Gasteiger partial charge is 0.383 e. The number of nitriles is 1. The highest BCUT2D eigenvalue weighted by Crippen LogP contribution is 2.20. The molecule has 0 aliphatic heterocycles. The highest BCUT2D eigenvalue weighted by Gasteiger charge is 2.08. The maximum absolute atomic E-state index is 11.8. The molecule has 0 aliphatic rings. The number of rotatable bonds is 6. The van der Waals surface area contributed by atoms with Crippen LogP contribution in [0.25, 0.3) is 10.9 Å². The van der Waals surface area contributed by atoms with Crippen LogP contribution in [0.4, 0.5) is 5.69 Å². The standard InChI is InChI=1S/C16H16N4O2/c1-22-9-8-19-16(21)13(10-17)11-20-14-6-2-4-12-5-3-7-18-15(12)14/h2-7,11,20H,8-9H2,1H3,(H,19,21)/b13-11-. The molecular formula is C16H16N4O2. The third-order valence-electron chi connectivity index (χ3n) is 2.96. The number of methoxy groups -OCH3 is 1. The van der Waals surface area contributed by atoms with Crippen molar-refractivity contribution in [3.8, 4) is 6.07 Å². The number of hydrogen-bond acceptors (Lipinski definition) is 5. The first-order valence-electron chi connectivity index (χ1n) is 6.74. The van der Waals surface area contributed by atoms with Gasteiger partial charge < -0.3 is 15.4 Å². The summed E-state index contributed by atoms with van der Waals surface area (Å²) in [6.07, 6.45) is 3.07. The third-order valence-corrected chi connectivity index (χ3v) is 2.96. The molecule has 0 bridgehead atoms. The SMILES string of the molecule is COCCNC(=O)/C(C#N)=C\Nc1cccc2cccnc12. The van der Waals surface area contributed by atoms with Gasteiger partial charge in [0.1, 0.15) is 11.6 Å². The van der Waals surface area contributed by atoms with E-state index < -0.39 is 5.91 Å². The van der Waals surface area contributed by atoms with Crippen molar-refractivity contribution in [2.45, 2.75) is 0 Å². The molecule has 0 spiro atoms. The molecule has 1 aromatic heterocycles. The van der Waals surface area contributed by atoms with Crippen molar-refractivity contribution in [2.75, 3.05) is 25.6 Å². The lowest BCUT2D eigenvalue weighted by Crippen LogP contribution is -2.28. The smallest absolute Gasteiger partial charge is 0.263 e. The molecule has 1 heterocycles. The van der Waals surface area contributed by atoms with Crippen LogP contribution in [0.3, 0.4) is 0 Å². The molecule has 0 unspecified atom stereocenters. The molecule has 112 valence electrons. The van der Waals surface area contributed by atoms with Gasteiger partial charge in [-0.05, 0) is 12.1 Å². The monoisotopic (exact) mass is 296 g/mol. The van der Waals surface area contributed by atoms with Crippen LogP contribution < -0.4 is 10.6 Å². The Hall–Kier alpha value is -2.91. The van der Waals surface area contributed by atoms with E-state index in [4.69, 9.17) is 10.00 Å². The highest BCUT2D eigenvalue weighted by molar-refractivity contribution is 5.98. The number of benzene rings is 1. The fourth-order valence-corrected chi connectivity index (χ4v) is 1.88. The first kappa shape index (κ1) is 15.5. The van der Waals surface area contributed by atoms with Gasteiger partial charge in [-0.1, -0.05) is 18.2 Å². The summed E-state index contributed by atoms with van der Waals surface area (Å²) in [5.41, 5.74) is 1.50. The van der Waals surface area contributed by atoms with E-state index in [-0.39, 0.29) is 5.57 Å². The molecule has 1 aromatic carbocycles. The fourth-order valence-electron chi connectivity index (χ4n) is 1.88. The summed E-state index contributed by atoms with van der Waals surface area (Å²) in [5, 5.41) is 15.6. The van der Waals surface area contributed by atoms with Gasteiger partial charge in [-0.2, -0.15) is 5.26 Å². The third kappa shape index (κ3) is 3.81. The Bertz CT molecular complexity index is 729. The maximum atomic E-state index is 11.8. The molecule has 0 atom stereocenters. The molecule has 0 fully saturated rings. The van der Waals surface area contributed by atoms with Gasteiger partial charge in [-0.3, -0.25) is 9.78 Å². The second-order valence-electron chi connectivity index (χ2n) is 4.44. The Morgan fingerprint density at radius 3 is 3.00 bits per heavy atom. The van der Waals surface area contributed by atoms with Gasteiger partial charge >= 0.3 is 0 Å². The normalized spacial score (nSPS) is 11.0. The van der Waals surface area contributed by atoms with Gasteiger partial charge in [-0.15, -0.1) is 0 Å². The average Bonchev–Trinajstić information content (AvgIpc) is 2.56. The Morgan fingerprint density at radius 2 is 2.23 bits per heavy atom.